The molecule has 0 saturated carbocycles. The number of aliphatic hydroxyl groups is 3. The van der Waals surface area contributed by atoms with Gasteiger partial charge in [0.15, 0.2) is 6.23 Å². The van der Waals surface area contributed by atoms with Crippen LogP contribution in [-0.4, -0.2) is 74.8 Å². The molecule has 0 aliphatic carbocycles. The molecule has 5 atom stereocenters. The van der Waals surface area contributed by atoms with Crippen molar-refractivity contribution in [3.63, 3.8) is 0 Å². The highest BCUT2D eigenvalue weighted by Crippen LogP contribution is 2.46. The summed E-state index contributed by atoms with van der Waals surface area (Å²) in [6.45, 7) is -0.558. The molecule has 7 rings (SSSR count). The van der Waals surface area contributed by atoms with Crippen molar-refractivity contribution in [1.29, 1.82) is 0 Å². The third-order valence-corrected chi connectivity index (χ3v) is 7.76. The Morgan fingerprint density at radius 1 is 0.974 bits per heavy atom. The Labute approximate surface area is 217 Å². The molecule has 5 N–H and O–H groups in total. The standard InChI is InChI=1S/C27H21F2N3O7/c1-38-24-15(8-33)39-27(23(35)22(24)34)32-14-7-10(29)3-5-12(14)17-19-18(25(36)31-26(19)37)16-11-4-2-9(28)6-13(11)30-20(16)21(17)32/h2-7,15,22-24,27,30,33-35H,8H2,1H3,(H,31,36,37)/t15-,22+,23-,24+,27+/m1/s1. The number of nitrogens with one attached hydrogen (secondary N) is 2. The topological polar surface area (TPSA) is 146 Å². The molecule has 2 amide bonds. The van der Waals surface area contributed by atoms with Gasteiger partial charge in [-0.15, -0.1) is 0 Å². The van der Waals surface area contributed by atoms with Crippen molar-refractivity contribution in [2.45, 2.75) is 30.6 Å². The van der Waals surface area contributed by atoms with E-state index in [0.717, 1.165) is 0 Å². The van der Waals surface area contributed by atoms with Crippen molar-refractivity contribution in [2.75, 3.05) is 13.7 Å². The third kappa shape index (κ3) is 3.11. The van der Waals surface area contributed by atoms with E-state index >= 15 is 0 Å². The van der Waals surface area contributed by atoms with Crippen LogP contribution < -0.4 is 5.32 Å². The van der Waals surface area contributed by atoms with E-state index in [-0.39, 0.29) is 27.5 Å². The summed E-state index contributed by atoms with van der Waals surface area (Å²) in [5.74, 6) is -2.46. The van der Waals surface area contributed by atoms with Gasteiger partial charge in [-0.1, -0.05) is 0 Å². The zero-order valence-corrected chi connectivity index (χ0v) is 20.2. The summed E-state index contributed by atoms with van der Waals surface area (Å²) >= 11 is 0. The number of halogens is 2. The first-order valence-electron chi connectivity index (χ1n) is 12.2. The molecule has 1 saturated heterocycles. The van der Waals surface area contributed by atoms with Gasteiger partial charge in [-0.3, -0.25) is 14.9 Å². The van der Waals surface area contributed by atoms with Gasteiger partial charge >= 0.3 is 0 Å². The van der Waals surface area contributed by atoms with E-state index in [1.54, 1.807) is 0 Å². The summed E-state index contributed by atoms with van der Waals surface area (Å²) in [5.41, 5.74) is 1.23. The van der Waals surface area contributed by atoms with Crippen molar-refractivity contribution in [1.82, 2.24) is 14.9 Å². The highest BCUT2D eigenvalue weighted by molar-refractivity contribution is 6.39. The summed E-state index contributed by atoms with van der Waals surface area (Å²) < 4.78 is 41.6. The number of imide groups is 1. The SMILES string of the molecule is CO[C@@H]1[C@@H](O)[C@@H](O)[C@@H](n2c3cc(F)ccc3c3c4c(c5c6ccc(F)cc6[nH]c5c32)C(=O)NC4=O)O[C@@H]1CO. The van der Waals surface area contributed by atoms with Gasteiger partial charge in [0.1, 0.15) is 36.1 Å². The minimum atomic E-state index is -1.61. The Balaban J connectivity index is 1.69. The van der Waals surface area contributed by atoms with Gasteiger partial charge in [0, 0.05) is 34.2 Å². The molecular formula is C27H21F2N3O7. The number of aromatic amines is 1. The number of benzene rings is 3. The summed E-state index contributed by atoms with van der Waals surface area (Å²) in [6.07, 6.45) is -6.62. The fourth-order valence-electron chi connectivity index (χ4n) is 6.16. The molecule has 0 bridgehead atoms. The number of methoxy groups -OCH3 is 1. The number of nitrogens with zero attached hydrogens (tertiary/aromatic N) is 1. The molecule has 2 aliphatic rings. The Morgan fingerprint density at radius 2 is 1.64 bits per heavy atom. The first kappa shape index (κ1) is 24.1. The highest BCUT2D eigenvalue weighted by atomic mass is 19.1. The number of hydrogen-bond donors (Lipinski definition) is 5. The van der Waals surface area contributed by atoms with Crippen LogP contribution in [0, 0.1) is 11.6 Å². The minimum Gasteiger partial charge on any atom is -0.394 e. The van der Waals surface area contributed by atoms with E-state index in [4.69, 9.17) is 9.47 Å². The number of hydrogen-bond acceptors (Lipinski definition) is 7. The van der Waals surface area contributed by atoms with Gasteiger partial charge in [0.2, 0.25) is 0 Å². The highest BCUT2D eigenvalue weighted by Gasteiger charge is 2.47. The van der Waals surface area contributed by atoms with E-state index in [1.807, 2.05) is 0 Å². The number of carbonyl (C=O) groups excluding carboxylic acids is 2. The first-order chi connectivity index (χ1) is 18.7. The van der Waals surface area contributed by atoms with E-state index in [9.17, 15) is 33.7 Å². The third-order valence-electron chi connectivity index (χ3n) is 7.76. The number of ether oxygens (including phenoxy) is 2. The number of amides is 2. The second-order valence-corrected chi connectivity index (χ2v) is 9.78. The predicted octanol–water partition coefficient (Wildman–Crippen LogP) is 2.22. The molecule has 10 nitrogen and oxygen atoms in total. The average molecular weight is 537 g/mol. The van der Waals surface area contributed by atoms with Gasteiger partial charge in [0.05, 0.1) is 34.3 Å². The molecule has 0 spiro atoms. The van der Waals surface area contributed by atoms with E-state index < -0.39 is 60.7 Å². The zero-order valence-electron chi connectivity index (χ0n) is 20.2. The van der Waals surface area contributed by atoms with Crippen LogP contribution in [0.15, 0.2) is 36.4 Å². The lowest BCUT2D eigenvalue weighted by Gasteiger charge is -2.42. The van der Waals surface area contributed by atoms with Gasteiger partial charge in [0.25, 0.3) is 11.8 Å². The summed E-state index contributed by atoms with van der Waals surface area (Å²) in [7, 11) is 1.30. The molecule has 2 aromatic heterocycles. The Morgan fingerprint density at radius 3 is 2.33 bits per heavy atom. The van der Waals surface area contributed by atoms with E-state index in [1.165, 1.54) is 48.1 Å². The lowest BCUT2D eigenvalue weighted by atomic mass is 9.96. The monoisotopic (exact) mass is 537 g/mol. The average Bonchev–Trinajstić information content (AvgIpc) is 3.53. The fraction of sp³-hybridized carbons (Fsp3) is 0.259. The minimum absolute atomic E-state index is 0.0439. The van der Waals surface area contributed by atoms with Gasteiger partial charge in [-0.2, -0.15) is 0 Å². The molecule has 0 unspecified atom stereocenters. The van der Waals surface area contributed by atoms with Crippen molar-refractivity contribution in [3.8, 4) is 0 Å². The molecule has 39 heavy (non-hydrogen) atoms. The number of H-pyrrole nitrogens is 1. The lowest BCUT2D eigenvalue weighted by molar-refractivity contribution is -0.255. The molecule has 12 heteroatoms. The van der Waals surface area contributed by atoms with Crippen LogP contribution in [0.3, 0.4) is 0 Å². The summed E-state index contributed by atoms with van der Waals surface area (Å²) in [4.78, 5) is 29.4. The number of aliphatic hydroxyl groups excluding tert-OH is 3. The molecule has 3 aromatic carbocycles. The zero-order chi connectivity index (χ0) is 27.3. The Bertz CT molecular complexity index is 1880. The number of rotatable bonds is 3. The molecule has 5 aromatic rings. The number of aromatic nitrogens is 2. The first-order valence-corrected chi connectivity index (χ1v) is 12.2. The quantitative estimate of drug-likeness (QED) is 0.222. The van der Waals surface area contributed by atoms with Crippen molar-refractivity contribution in [3.05, 3.63) is 59.2 Å². The number of fused-ring (bicyclic) bond motifs is 10. The predicted molar refractivity (Wildman–Crippen MR) is 134 cm³/mol. The van der Waals surface area contributed by atoms with Crippen LogP contribution >= 0.6 is 0 Å². The van der Waals surface area contributed by atoms with Crippen LogP contribution in [0.2, 0.25) is 0 Å². The molecule has 4 heterocycles. The Kier molecular flexibility index (Phi) is 5.12. The molecule has 1 fully saturated rings. The van der Waals surface area contributed by atoms with E-state index in [2.05, 4.69) is 10.3 Å². The van der Waals surface area contributed by atoms with Gasteiger partial charge in [-0.25, -0.2) is 8.78 Å². The Hall–Kier alpha value is -3.94. The molecule has 2 aliphatic heterocycles. The largest absolute Gasteiger partial charge is 0.394 e. The second kappa shape index (κ2) is 8.28. The van der Waals surface area contributed by atoms with E-state index in [0.29, 0.717) is 27.2 Å². The molecule has 200 valence electrons. The fourth-order valence-corrected chi connectivity index (χ4v) is 6.16. The van der Waals surface area contributed by atoms with Crippen LogP contribution in [0.25, 0.3) is 43.6 Å². The van der Waals surface area contributed by atoms with Crippen LogP contribution in [0.4, 0.5) is 8.78 Å². The number of carbonyl (C=O) groups is 2. The van der Waals surface area contributed by atoms with Crippen molar-refractivity contribution < 1.29 is 43.2 Å². The molecule has 0 radical (unpaired) electrons. The second-order valence-electron chi connectivity index (χ2n) is 9.78. The maximum atomic E-state index is 14.7. The van der Waals surface area contributed by atoms with Gasteiger partial charge < -0.3 is 34.3 Å². The van der Waals surface area contributed by atoms with Crippen molar-refractivity contribution in [2.24, 2.45) is 0 Å². The maximum absolute atomic E-state index is 14.7. The summed E-state index contributed by atoms with van der Waals surface area (Å²) in [5, 5.41) is 35.8. The van der Waals surface area contributed by atoms with Crippen LogP contribution in [-0.2, 0) is 9.47 Å². The molecular weight excluding hydrogens is 516 g/mol. The van der Waals surface area contributed by atoms with Crippen LogP contribution in [0.1, 0.15) is 26.9 Å². The van der Waals surface area contributed by atoms with Crippen molar-refractivity contribution >= 4 is 55.4 Å². The maximum Gasteiger partial charge on any atom is 0.259 e. The summed E-state index contributed by atoms with van der Waals surface area (Å²) in [6, 6.07) is 7.79. The lowest BCUT2D eigenvalue weighted by Crippen LogP contribution is -2.57. The normalized spacial score (nSPS) is 25.3. The smallest absolute Gasteiger partial charge is 0.259 e. The van der Waals surface area contributed by atoms with Crippen LogP contribution in [0.5, 0.6) is 0 Å². The van der Waals surface area contributed by atoms with Gasteiger partial charge in [-0.05, 0) is 36.4 Å².